The summed E-state index contributed by atoms with van der Waals surface area (Å²) in [6, 6.07) is 42.0. The van der Waals surface area contributed by atoms with Crippen molar-refractivity contribution < 1.29 is 87.5 Å². The van der Waals surface area contributed by atoms with E-state index in [1.54, 1.807) is 72.8 Å². The van der Waals surface area contributed by atoms with Gasteiger partial charge in [0.1, 0.15) is 34.5 Å². The number of hydrogen-bond donors (Lipinski definition) is 5. The molecule has 0 saturated heterocycles. The molecule has 100 heavy (non-hydrogen) atoms. The Morgan fingerprint density at radius 1 is 0.350 bits per heavy atom. The Balaban J connectivity index is 0.000000174. The van der Waals surface area contributed by atoms with E-state index in [4.69, 9.17) is 43.7 Å². The fourth-order valence-corrected chi connectivity index (χ4v) is 12.4. The normalized spacial score (nSPS) is 14.2. The molecule has 21 heteroatoms. The number of ether oxygens (including phenoxy) is 6. The van der Waals surface area contributed by atoms with E-state index in [1.165, 1.54) is 9.80 Å². The molecule has 2 unspecified atom stereocenters. The Bertz CT molecular complexity index is 4460. The van der Waals surface area contributed by atoms with E-state index in [1.807, 2.05) is 93.6 Å². The zero-order valence-electron chi connectivity index (χ0n) is 56.0. The highest BCUT2D eigenvalue weighted by atomic mass is 16.5. The smallest absolute Gasteiger partial charge is 0.307 e. The Kier molecular flexibility index (Phi) is 24.2. The number of hydrogen-bond acceptors (Lipinski definition) is 15. The van der Waals surface area contributed by atoms with Gasteiger partial charge in [-0.05, 0) is 93.1 Å². The van der Waals surface area contributed by atoms with Crippen LogP contribution in [0.4, 0.5) is 17.1 Å². The van der Waals surface area contributed by atoms with Crippen LogP contribution in [0.5, 0.6) is 34.5 Å². The predicted molar refractivity (Wildman–Crippen MR) is 381 cm³/mol. The number of aliphatic hydroxyl groups excluding tert-OH is 2. The SMILES string of the molecule is C.CCCCOc1c2c(c(OCC)c3ccccc13)C(=O)N(c1ccc(CC(=O)O)cc1)C2=O.CCCCOc1c2c(c(OCC)c3ccccc13)C(=O)N(c1ccc(CC(=O)O)cc1)C2O.CCCCOc1c2c(c(OCC)c3ccccc13)C(O)N(c1ccc(CC(=O)O)cc1)C2=O. The van der Waals surface area contributed by atoms with E-state index in [0.717, 1.165) is 70.4 Å². The van der Waals surface area contributed by atoms with Crippen LogP contribution in [0.1, 0.15) is 169 Å². The number of carbonyl (C=O) groups is 7. The number of fused-ring (bicyclic) bond motifs is 6. The molecule has 4 amide bonds. The molecule has 0 aromatic heterocycles. The monoisotopic (exact) mass is 1360 g/mol. The van der Waals surface area contributed by atoms with Crippen LogP contribution in [0.3, 0.4) is 0 Å². The van der Waals surface area contributed by atoms with E-state index in [9.17, 15) is 43.8 Å². The van der Waals surface area contributed by atoms with Crippen LogP contribution in [0.2, 0.25) is 0 Å². The molecule has 9 aromatic rings. The first-order chi connectivity index (χ1) is 47.9. The lowest BCUT2D eigenvalue weighted by Crippen LogP contribution is -2.29. The minimum atomic E-state index is -1.27. The molecule has 522 valence electrons. The van der Waals surface area contributed by atoms with E-state index in [2.05, 4.69) is 20.8 Å². The number of benzene rings is 9. The molecule has 21 nitrogen and oxygen atoms in total. The van der Waals surface area contributed by atoms with Crippen LogP contribution < -0.4 is 43.1 Å². The van der Waals surface area contributed by atoms with Crippen molar-refractivity contribution in [3.63, 3.8) is 0 Å². The lowest BCUT2D eigenvalue weighted by Gasteiger charge is -2.22. The van der Waals surface area contributed by atoms with Crippen molar-refractivity contribution in [2.75, 3.05) is 54.3 Å². The summed E-state index contributed by atoms with van der Waals surface area (Å²) in [5.41, 5.74) is 4.85. The highest BCUT2D eigenvalue weighted by Crippen LogP contribution is 2.53. The highest BCUT2D eigenvalue weighted by Gasteiger charge is 2.46. The summed E-state index contributed by atoms with van der Waals surface area (Å²) in [5.74, 6) is -1.98. The first kappa shape index (κ1) is 73.2. The number of amides is 4. The minimum absolute atomic E-state index is 0. The topological polar surface area (TPSA) is 286 Å². The number of anilines is 3. The van der Waals surface area contributed by atoms with Crippen LogP contribution in [0.15, 0.2) is 146 Å². The van der Waals surface area contributed by atoms with Gasteiger partial charge in [-0.1, -0.05) is 157 Å². The minimum Gasteiger partial charge on any atom is -0.493 e. The average molecular weight is 1360 g/mol. The maximum atomic E-state index is 13.7. The number of rotatable bonds is 27. The van der Waals surface area contributed by atoms with Gasteiger partial charge in [0, 0.05) is 43.7 Å². The first-order valence-corrected chi connectivity index (χ1v) is 33.3. The van der Waals surface area contributed by atoms with Crippen molar-refractivity contribution in [1.29, 1.82) is 0 Å². The van der Waals surface area contributed by atoms with Crippen molar-refractivity contribution in [3.05, 3.63) is 196 Å². The zero-order valence-corrected chi connectivity index (χ0v) is 56.0. The Labute approximate surface area is 579 Å². The quantitative estimate of drug-likeness (QED) is 0.0236. The lowest BCUT2D eigenvalue weighted by atomic mass is 9.98. The fraction of sp³-hybridized carbons (Fsp3) is 0.304. The second-order valence-corrected chi connectivity index (χ2v) is 23.6. The second kappa shape index (κ2) is 33.0. The summed E-state index contributed by atoms with van der Waals surface area (Å²) < 4.78 is 36.1. The summed E-state index contributed by atoms with van der Waals surface area (Å²) in [7, 11) is 0. The van der Waals surface area contributed by atoms with Gasteiger partial charge in [-0.2, -0.15) is 0 Å². The highest BCUT2D eigenvalue weighted by molar-refractivity contribution is 6.38. The third-order valence-corrected chi connectivity index (χ3v) is 16.9. The van der Waals surface area contributed by atoms with Crippen LogP contribution in [-0.2, 0) is 33.6 Å². The van der Waals surface area contributed by atoms with E-state index < -0.39 is 48.1 Å². The molecule has 3 heterocycles. The molecule has 0 saturated carbocycles. The number of imide groups is 1. The van der Waals surface area contributed by atoms with Gasteiger partial charge in [0.15, 0.2) is 12.5 Å². The molecule has 0 radical (unpaired) electrons. The van der Waals surface area contributed by atoms with Gasteiger partial charge in [0.25, 0.3) is 23.6 Å². The van der Waals surface area contributed by atoms with Crippen molar-refractivity contribution >= 4 is 90.9 Å². The van der Waals surface area contributed by atoms with Gasteiger partial charge in [-0.25, -0.2) is 4.90 Å². The van der Waals surface area contributed by atoms with Crippen molar-refractivity contribution in [1.82, 2.24) is 0 Å². The summed E-state index contributed by atoms with van der Waals surface area (Å²) in [5, 5.41) is 54.2. The molecule has 3 aliphatic heterocycles. The largest absolute Gasteiger partial charge is 0.493 e. The fourth-order valence-electron chi connectivity index (χ4n) is 12.4. The van der Waals surface area contributed by atoms with Crippen LogP contribution >= 0.6 is 0 Å². The van der Waals surface area contributed by atoms with E-state index in [-0.39, 0.29) is 43.7 Å². The van der Waals surface area contributed by atoms with Crippen molar-refractivity contribution in [3.8, 4) is 34.5 Å². The number of aliphatic hydroxyl groups is 2. The van der Waals surface area contributed by atoms with Gasteiger partial charge in [-0.3, -0.25) is 43.4 Å². The lowest BCUT2D eigenvalue weighted by molar-refractivity contribution is -0.137. The third-order valence-electron chi connectivity index (χ3n) is 16.9. The number of carbonyl (C=O) groups excluding carboxylic acids is 4. The molecule has 12 rings (SSSR count). The molecular weight excluding hydrogens is 1280 g/mol. The Morgan fingerprint density at radius 3 is 0.920 bits per heavy atom. The van der Waals surface area contributed by atoms with Crippen LogP contribution in [0, 0.1) is 0 Å². The Hall–Kier alpha value is -11.0. The summed E-state index contributed by atoms with van der Waals surface area (Å²) in [6.45, 7) is 14.1. The third kappa shape index (κ3) is 14.9. The maximum Gasteiger partial charge on any atom is 0.307 e. The molecule has 9 aromatic carbocycles. The molecule has 0 spiro atoms. The number of carboxylic acids is 3. The van der Waals surface area contributed by atoms with Crippen molar-refractivity contribution in [2.24, 2.45) is 0 Å². The van der Waals surface area contributed by atoms with E-state index in [0.29, 0.717) is 136 Å². The van der Waals surface area contributed by atoms with Gasteiger partial charge >= 0.3 is 17.9 Å². The van der Waals surface area contributed by atoms with Gasteiger partial charge in [0.05, 0.1) is 98.0 Å². The van der Waals surface area contributed by atoms with E-state index >= 15 is 0 Å². The van der Waals surface area contributed by atoms with Gasteiger partial charge in [-0.15, -0.1) is 0 Å². The standard InChI is InChI=1S/2C26H27NO6.C26H25NO6.CH4/c3*1-3-5-14-33-24-19-9-7-6-8-18(19)23(32-4-2)21-22(24)26(31)27(25(21)30)17-12-10-16(11-13-17)15-20(28)29;/h6-13,26,31H,3-5,14-15H2,1-2H3,(H,28,29);6-13,25,30H,3-5,14-15H2,1-2H3,(H,28,29);6-13H,3-5,14-15H2,1-2H3,(H,28,29);1H4. The molecule has 3 aliphatic rings. The molecule has 0 fully saturated rings. The van der Waals surface area contributed by atoms with Gasteiger partial charge in [0.2, 0.25) is 0 Å². The van der Waals surface area contributed by atoms with Crippen LogP contribution in [0.25, 0.3) is 32.3 Å². The zero-order chi connectivity index (χ0) is 70.6. The number of carboxylic acid groups (broad SMARTS) is 3. The van der Waals surface area contributed by atoms with Crippen LogP contribution in [-0.4, -0.2) is 107 Å². The summed E-state index contributed by atoms with van der Waals surface area (Å²) in [4.78, 5) is 91.1. The maximum absolute atomic E-state index is 13.7. The predicted octanol–water partition coefficient (Wildman–Crippen LogP) is 14.9. The summed E-state index contributed by atoms with van der Waals surface area (Å²) in [6.07, 6.45) is 2.41. The average Bonchev–Trinajstić information content (AvgIpc) is 1.57. The Morgan fingerprint density at radius 2 is 0.610 bits per heavy atom. The molecule has 5 N–H and O–H groups in total. The number of unbranched alkanes of at least 4 members (excludes halogenated alkanes) is 3. The second-order valence-electron chi connectivity index (χ2n) is 23.6. The number of aliphatic carboxylic acids is 3. The first-order valence-electron chi connectivity index (χ1n) is 33.3. The molecule has 0 aliphatic carbocycles. The van der Waals surface area contributed by atoms with Crippen molar-refractivity contribution in [2.45, 2.75) is 119 Å². The summed E-state index contributed by atoms with van der Waals surface area (Å²) >= 11 is 0. The number of nitrogens with zero attached hydrogens (tertiary/aromatic N) is 3. The molecular formula is C79H83N3O18. The van der Waals surface area contributed by atoms with Gasteiger partial charge < -0.3 is 54.0 Å². The molecule has 2 atom stereocenters. The molecule has 0 bridgehead atoms.